The van der Waals surface area contributed by atoms with Crippen LogP contribution >= 0.6 is 0 Å². The van der Waals surface area contributed by atoms with Crippen LogP contribution in [-0.4, -0.2) is 90.8 Å². The maximum atomic E-state index is 14.9. The molecule has 11 nitrogen and oxygen atoms in total. The molecule has 0 aliphatic carbocycles. The maximum Gasteiger partial charge on any atom is 0.306 e. The molecule has 0 aromatic heterocycles. The number of likely N-dealkylation sites (tertiary alicyclic amines) is 1. The first-order valence-corrected chi connectivity index (χ1v) is 18.7. The van der Waals surface area contributed by atoms with Crippen molar-refractivity contribution in [2.45, 2.75) is 82.6 Å². The second-order valence-electron chi connectivity index (χ2n) is 13.8. The first kappa shape index (κ1) is 38.7. The number of unbranched alkanes of at least 4 members (excludes halogenated alkanes) is 2. The number of hydrogen-bond donors (Lipinski definition) is 2. The summed E-state index contributed by atoms with van der Waals surface area (Å²) in [5, 5.41) is 12.5. The lowest BCUT2D eigenvalue weighted by molar-refractivity contribution is -0.146. The Bertz CT molecular complexity index is 1560. The fourth-order valence-corrected chi connectivity index (χ4v) is 8.22. The van der Waals surface area contributed by atoms with E-state index >= 15 is 0 Å². The molecule has 0 unspecified atom stereocenters. The number of esters is 1. The van der Waals surface area contributed by atoms with Gasteiger partial charge in [-0.1, -0.05) is 42.5 Å². The van der Waals surface area contributed by atoms with Crippen LogP contribution in [0.15, 0.2) is 79.9 Å². The Morgan fingerprint density at radius 1 is 1.04 bits per heavy atom. The second-order valence-corrected chi connectivity index (χ2v) is 13.8. The molecule has 3 amide bonds. The van der Waals surface area contributed by atoms with Crippen molar-refractivity contribution in [3.05, 3.63) is 85.5 Å². The maximum absolute atomic E-state index is 14.9. The first-order chi connectivity index (χ1) is 25.2. The summed E-state index contributed by atoms with van der Waals surface area (Å²) in [6.07, 6.45) is 6.28. The van der Waals surface area contributed by atoms with Gasteiger partial charge >= 0.3 is 5.97 Å². The number of amides is 3. The number of nitrogens with one attached hydrogen (secondary N) is 1. The van der Waals surface area contributed by atoms with Gasteiger partial charge in [0.2, 0.25) is 11.8 Å². The van der Waals surface area contributed by atoms with Crippen LogP contribution in [0.4, 0.5) is 11.4 Å². The molecule has 2 aromatic rings. The summed E-state index contributed by atoms with van der Waals surface area (Å²) in [5.74, 6) is -3.00. The fourth-order valence-electron chi connectivity index (χ4n) is 8.22. The molecule has 5 rings (SSSR count). The van der Waals surface area contributed by atoms with E-state index in [0.717, 1.165) is 24.3 Å². The summed E-state index contributed by atoms with van der Waals surface area (Å²) in [4.78, 5) is 61.7. The van der Waals surface area contributed by atoms with Crippen LogP contribution in [0, 0.1) is 11.8 Å². The minimum atomic E-state index is -1.18. The third-order valence-electron chi connectivity index (χ3n) is 10.7. The van der Waals surface area contributed by atoms with E-state index in [1.807, 2.05) is 54.6 Å². The van der Waals surface area contributed by atoms with Crippen LogP contribution in [0.3, 0.4) is 0 Å². The standard InChI is InChI=1S/C41H54N4O7/c1-5-9-18-34(47)51-28-32(29-16-12-10-13-17-29)42-38(48)35-33-23-24-41(52-33)36(35)39(49)45(26-14-11-15-27-46)37(41)40(50)44(25-6-2)31-21-19-30(20-22-31)43(7-3)8-4/h5-6,10,12-13,16-17,19-22,32-33,35-37,46H,1-2,7-9,11,14-15,18,23-28H2,3-4H3,(H,42,48)/t32-,33+,35-,36-,37+,41-/m0/s1. The summed E-state index contributed by atoms with van der Waals surface area (Å²) in [7, 11) is 0. The number of allylic oxidation sites excluding steroid dienone is 1. The van der Waals surface area contributed by atoms with E-state index in [0.29, 0.717) is 50.8 Å². The Balaban J connectivity index is 1.45. The molecule has 11 heteroatoms. The highest BCUT2D eigenvalue weighted by Gasteiger charge is 2.74. The van der Waals surface area contributed by atoms with Crippen molar-refractivity contribution >= 4 is 35.1 Å². The van der Waals surface area contributed by atoms with E-state index in [1.54, 1.807) is 22.0 Å². The predicted molar refractivity (Wildman–Crippen MR) is 201 cm³/mol. The Morgan fingerprint density at radius 3 is 2.40 bits per heavy atom. The predicted octanol–water partition coefficient (Wildman–Crippen LogP) is 4.96. The number of aliphatic hydroxyl groups excluding tert-OH is 1. The molecule has 3 heterocycles. The van der Waals surface area contributed by atoms with Gasteiger partial charge in [-0.2, -0.15) is 0 Å². The zero-order valence-electron chi connectivity index (χ0n) is 30.6. The summed E-state index contributed by atoms with van der Waals surface area (Å²) >= 11 is 0. The van der Waals surface area contributed by atoms with Crippen molar-refractivity contribution in [3.8, 4) is 0 Å². The van der Waals surface area contributed by atoms with Gasteiger partial charge in [0.25, 0.3) is 5.91 Å². The van der Waals surface area contributed by atoms with Crippen molar-refractivity contribution in [3.63, 3.8) is 0 Å². The Kier molecular flexibility index (Phi) is 13.3. The average molecular weight is 715 g/mol. The van der Waals surface area contributed by atoms with Crippen molar-refractivity contribution in [1.29, 1.82) is 0 Å². The van der Waals surface area contributed by atoms with Crippen LogP contribution in [0.5, 0.6) is 0 Å². The van der Waals surface area contributed by atoms with E-state index in [4.69, 9.17) is 9.47 Å². The first-order valence-electron chi connectivity index (χ1n) is 18.7. The fraction of sp³-hybridized carbons (Fsp3) is 0.512. The number of nitrogens with zero attached hydrogens (tertiary/aromatic N) is 3. The van der Waals surface area contributed by atoms with Crippen molar-refractivity contribution < 1.29 is 33.8 Å². The summed E-state index contributed by atoms with van der Waals surface area (Å²) in [6, 6.07) is 15.5. The highest BCUT2D eigenvalue weighted by molar-refractivity contribution is 6.05. The topological polar surface area (TPSA) is 129 Å². The molecule has 3 aliphatic heterocycles. The summed E-state index contributed by atoms with van der Waals surface area (Å²) < 4.78 is 12.3. The van der Waals surface area contributed by atoms with Gasteiger partial charge in [-0.05, 0) is 82.2 Å². The summed E-state index contributed by atoms with van der Waals surface area (Å²) in [5.41, 5.74) is 1.31. The zero-order valence-corrected chi connectivity index (χ0v) is 30.6. The van der Waals surface area contributed by atoms with Gasteiger partial charge in [0.1, 0.15) is 18.2 Å². The largest absolute Gasteiger partial charge is 0.463 e. The van der Waals surface area contributed by atoms with Gasteiger partial charge in [0.05, 0.1) is 24.0 Å². The molecular formula is C41H54N4O7. The SMILES string of the molecule is C=CCCC(=O)OC[C@H](NC(=O)[C@@H]1[C@H]2C(=O)N(CCCCCO)[C@H](C(=O)N(CC=C)c3ccc(N(CC)CC)cc3)[C@]23CC[C@H]1O3)c1ccccc1. The number of hydrogen-bond acceptors (Lipinski definition) is 8. The molecule has 2 N–H and O–H groups in total. The number of aliphatic hydroxyl groups is 1. The van der Waals surface area contributed by atoms with Crippen molar-refractivity contribution in [2.75, 3.05) is 49.2 Å². The number of carbonyl (C=O) groups excluding carboxylic acids is 4. The van der Waals surface area contributed by atoms with Gasteiger partial charge in [-0.15, -0.1) is 13.2 Å². The Hall–Kier alpha value is -4.48. The quantitative estimate of drug-likeness (QED) is 0.112. The third-order valence-corrected chi connectivity index (χ3v) is 10.7. The highest BCUT2D eigenvalue weighted by Crippen LogP contribution is 2.58. The molecule has 0 saturated carbocycles. The van der Waals surface area contributed by atoms with E-state index in [9.17, 15) is 24.3 Å². The molecule has 1 spiro atoms. The van der Waals surface area contributed by atoms with Gasteiger partial charge in [-0.25, -0.2) is 0 Å². The highest BCUT2D eigenvalue weighted by atomic mass is 16.5. The van der Waals surface area contributed by atoms with Crippen LogP contribution in [0.1, 0.15) is 70.4 Å². The summed E-state index contributed by atoms with van der Waals surface area (Å²) in [6.45, 7) is 14.0. The lowest BCUT2D eigenvalue weighted by atomic mass is 9.70. The molecule has 6 atom stereocenters. The van der Waals surface area contributed by atoms with Gasteiger partial charge in [0.15, 0.2) is 0 Å². The Morgan fingerprint density at radius 2 is 1.75 bits per heavy atom. The van der Waals surface area contributed by atoms with E-state index in [1.165, 1.54) is 0 Å². The molecule has 2 bridgehead atoms. The number of fused-ring (bicyclic) bond motifs is 1. The van der Waals surface area contributed by atoms with Gasteiger partial charge in [0, 0.05) is 50.6 Å². The van der Waals surface area contributed by atoms with Gasteiger partial charge < -0.3 is 34.6 Å². The molecule has 3 saturated heterocycles. The third kappa shape index (κ3) is 7.95. The molecule has 3 fully saturated rings. The van der Waals surface area contributed by atoms with Crippen LogP contribution in [0.2, 0.25) is 0 Å². The van der Waals surface area contributed by atoms with Crippen LogP contribution in [0.25, 0.3) is 0 Å². The van der Waals surface area contributed by atoms with Crippen molar-refractivity contribution in [1.82, 2.24) is 10.2 Å². The molecule has 0 radical (unpaired) electrons. The molecule has 3 aliphatic rings. The average Bonchev–Trinajstić information content (AvgIpc) is 3.81. The monoisotopic (exact) mass is 714 g/mol. The zero-order chi connectivity index (χ0) is 37.3. The van der Waals surface area contributed by atoms with Gasteiger partial charge in [-0.3, -0.25) is 19.2 Å². The van der Waals surface area contributed by atoms with E-state index in [-0.39, 0.29) is 43.9 Å². The molecule has 52 heavy (non-hydrogen) atoms. The number of ether oxygens (including phenoxy) is 2. The second kappa shape index (κ2) is 17.8. The smallest absolute Gasteiger partial charge is 0.306 e. The Labute approximate surface area is 307 Å². The van der Waals surface area contributed by atoms with E-state index in [2.05, 4.69) is 37.2 Å². The lowest BCUT2D eigenvalue weighted by Crippen LogP contribution is -2.56. The minimum Gasteiger partial charge on any atom is -0.463 e. The number of rotatable bonds is 20. The minimum absolute atomic E-state index is 0.0403. The van der Waals surface area contributed by atoms with Crippen LogP contribution in [-0.2, 0) is 28.7 Å². The molecular weight excluding hydrogens is 660 g/mol. The normalized spacial score (nSPS) is 23.5. The molecule has 2 aromatic carbocycles. The lowest BCUT2D eigenvalue weighted by Gasteiger charge is -2.37. The van der Waals surface area contributed by atoms with Crippen molar-refractivity contribution in [2.24, 2.45) is 11.8 Å². The number of carbonyl (C=O) groups is 4. The number of benzene rings is 2. The van der Waals surface area contributed by atoms with E-state index < -0.39 is 41.6 Å². The molecule has 280 valence electrons. The van der Waals surface area contributed by atoms with Crippen LogP contribution < -0.4 is 15.1 Å². The number of anilines is 2.